The highest BCUT2D eigenvalue weighted by Gasteiger charge is 2.29. The molecular formula is C19H17N3O6S2. The first-order valence-corrected chi connectivity index (χ1v) is 12.3. The molecule has 156 valence electrons. The molecule has 2 heterocycles. The Morgan fingerprint density at radius 2 is 1.77 bits per heavy atom. The lowest BCUT2D eigenvalue weighted by Gasteiger charge is -2.20. The molecule has 0 bridgehead atoms. The zero-order valence-electron chi connectivity index (χ0n) is 15.7. The van der Waals surface area contributed by atoms with Crippen LogP contribution < -0.4 is 10.9 Å². The summed E-state index contributed by atoms with van der Waals surface area (Å²) in [5, 5.41) is 13.9. The van der Waals surface area contributed by atoms with Crippen LogP contribution in [-0.2, 0) is 26.4 Å². The molecule has 0 spiro atoms. The second-order valence-electron chi connectivity index (χ2n) is 6.86. The van der Waals surface area contributed by atoms with Gasteiger partial charge in [-0.2, -0.15) is 8.42 Å². The molecule has 0 aliphatic carbocycles. The van der Waals surface area contributed by atoms with Crippen molar-refractivity contribution < 1.29 is 21.9 Å². The number of rotatable bonds is 4. The summed E-state index contributed by atoms with van der Waals surface area (Å²) in [6.45, 7) is -0.165. The number of hydrogen-bond acceptors (Lipinski definition) is 7. The third-order valence-electron chi connectivity index (χ3n) is 4.70. The molecule has 1 aliphatic heterocycles. The highest BCUT2D eigenvalue weighted by atomic mass is 32.2. The number of anilines is 1. The Kier molecular flexibility index (Phi) is 4.66. The molecule has 0 atom stereocenters. The van der Waals surface area contributed by atoms with Crippen LogP contribution in [0.3, 0.4) is 0 Å². The second-order valence-corrected chi connectivity index (χ2v) is 10.7. The summed E-state index contributed by atoms with van der Waals surface area (Å²) in [6, 6.07) is 12.5. The fourth-order valence-electron chi connectivity index (χ4n) is 3.30. The molecule has 0 saturated heterocycles. The van der Waals surface area contributed by atoms with E-state index in [-0.39, 0.29) is 39.7 Å². The van der Waals surface area contributed by atoms with Crippen molar-refractivity contribution in [3.8, 4) is 5.75 Å². The smallest absolute Gasteiger partial charge is 0.286 e. The molecule has 30 heavy (non-hydrogen) atoms. The lowest BCUT2D eigenvalue weighted by molar-refractivity contribution is 0.477. The van der Waals surface area contributed by atoms with E-state index in [1.54, 1.807) is 36.4 Å². The number of fused-ring (bicyclic) bond motifs is 2. The Labute approximate surface area is 172 Å². The minimum absolute atomic E-state index is 0.0496. The minimum Gasteiger partial charge on any atom is -0.506 e. The van der Waals surface area contributed by atoms with Gasteiger partial charge in [-0.3, -0.25) is 4.79 Å². The van der Waals surface area contributed by atoms with Crippen LogP contribution in [0.4, 0.5) is 5.69 Å². The van der Waals surface area contributed by atoms with Crippen LogP contribution in [0, 0.1) is 0 Å². The Hall–Kier alpha value is -3.18. The summed E-state index contributed by atoms with van der Waals surface area (Å²) >= 11 is 0. The van der Waals surface area contributed by atoms with Crippen LogP contribution >= 0.6 is 0 Å². The third-order valence-corrected chi connectivity index (χ3v) is 6.96. The van der Waals surface area contributed by atoms with E-state index in [1.165, 1.54) is 16.7 Å². The molecule has 1 aromatic heterocycles. The summed E-state index contributed by atoms with van der Waals surface area (Å²) in [4.78, 5) is 13.2. The normalized spacial score (nSPS) is 15.3. The van der Waals surface area contributed by atoms with Gasteiger partial charge in [0.15, 0.2) is 5.84 Å². The number of sulfone groups is 1. The van der Waals surface area contributed by atoms with Gasteiger partial charge in [-0.15, -0.1) is 4.40 Å². The van der Waals surface area contributed by atoms with Crippen LogP contribution in [0.1, 0.15) is 5.56 Å². The van der Waals surface area contributed by atoms with E-state index in [1.807, 2.05) is 0 Å². The highest BCUT2D eigenvalue weighted by Crippen LogP contribution is 2.32. The highest BCUT2D eigenvalue weighted by molar-refractivity contribution is 7.90. The molecule has 1 aliphatic rings. The summed E-state index contributed by atoms with van der Waals surface area (Å²) in [5.41, 5.74) is -0.555. The molecule has 0 unspecified atom stereocenters. The molecule has 11 heteroatoms. The van der Waals surface area contributed by atoms with E-state index in [2.05, 4.69) is 9.71 Å². The van der Waals surface area contributed by atoms with Crippen LogP contribution in [0.2, 0.25) is 0 Å². The predicted molar refractivity (Wildman–Crippen MR) is 113 cm³/mol. The van der Waals surface area contributed by atoms with Gasteiger partial charge in [0.2, 0.25) is 0 Å². The Bertz CT molecular complexity index is 1490. The largest absolute Gasteiger partial charge is 0.506 e. The molecule has 0 amide bonds. The number of pyridine rings is 1. The number of benzene rings is 2. The number of para-hydroxylation sites is 2. The first-order chi connectivity index (χ1) is 14.1. The zero-order chi connectivity index (χ0) is 21.7. The predicted octanol–water partition coefficient (Wildman–Crippen LogP) is 1.31. The van der Waals surface area contributed by atoms with Gasteiger partial charge in [0.05, 0.1) is 17.0 Å². The van der Waals surface area contributed by atoms with Crippen LogP contribution in [0.25, 0.3) is 10.9 Å². The van der Waals surface area contributed by atoms with Crippen molar-refractivity contribution in [1.82, 2.24) is 4.57 Å². The monoisotopic (exact) mass is 447 g/mol. The number of nitrogens with one attached hydrogen (secondary N) is 1. The summed E-state index contributed by atoms with van der Waals surface area (Å²) < 4.78 is 53.4. The van der Waals surface area contributed by atoms with Gasteiger partial charge < -0.3 is 15.0 Å². The maximum atomic E-state index is 13.2. The fraction of sp³-hybridized carbons (Fsp3) is 0.158. The molecular weight excluding hydrogens is 430 g/mol. The average Bonchev–Trinajstić information content (AvgIpc) is 2.67. The van der Waals surface area contributed by atoms with Crippen molar-refractivity contribution in [1.29, 1.82) is 0 Å². The van der Waals surface area contributed by atoms with Crippen molar-refractivity contribution in [3.63, 3.8) is 0 Å². The Balaban J connectivity index is 1.99. The third kappa shape index (κ3) is 3.46. The van der Waals surface area contributed by atoms with Crippen molar-refractivity contribution in [3.05, 3.63) is 64.4 Å². The summed E-state index contributed by atoms with van der Waals surface area (Å²) in [6.07, 6.45) is 1.05. The number of nitrogens with zero attached hydrogens (tertiary/aromatic N) is 2. The molecule has 0 saturated carbocycles. The number of aromatic hydroxyl groups is 1. The average molecular weight is 447 g/mol. The Morgan fingerprint density at radius 1 is 1.10 bits per heavy atom. The maximum Gasteiger partial charge on any atom is 0.286 e. The van der Waals surface area contributed by atoms with E-state index in [0.29, 0.717) is 5.52 Å². The van der Waals surface area contributed by atoms with Gasteiger partial charge in [-0.1, -0.05) is 24.3 Å². The number of hydrogen-bond donors (Lipinski definition) is 2. The van der Waals surface area contributed by atoms with Gasteiger partial charge in [0.1, 0.15) is 26.0 Å². The Morgan fingerprint density at radius 3 is 2.50 bits per heavy atom. The first kappa shape index (κ1) is 20.1. The molecule has 0 fully saturated rings. The van der Waals surface area contributed by atoms with Crippen molar-refractivity contribution >= 4 is 42.3 Å². The number of sulfonamides is 1. The molecule has 0 radical (unpaired) electrons. The van der Waals surface area contributed by atoms with E-state index >= 15 is 0 Å². The van der Waals surface area contributed by atoms with E-state index in [0.717, 1.165) is 6.26 Å². The van der Waals surface area contributed by atoms with E-state index in [9.17, 15) is 26.7 Å². The SMILES string of the molecule is CS(=O)(=O)CCn1c(=O)c(C2=NS(=O)(=O)c3ccccc3N2)c(O)c2ccccc21. The molecule has 3 aromatic rings. The fourth-order valence-corrected chi connectivity index (χ4v) is 4.94. The van der Waals surface area contributed by atoms with Gasteiger partial charge in [0.25, 0.3) is 15.6 Å². The summed E-state index contributed by atoms with van der Waals surface area (Å²) in [5.74, 6) is -1.07. The number of aromatic nitrogens is 1. The van der Waals surface area contributed by atoms with Crippen molar-refractivity contribution in [2.45, 2.75) is 11.4 Å². The number of aryl methyl sites for hydroxylation is 1. The van der Waals surface area contributed by atoms with Crippen molar-refractivity contribution in [2.75, 3.05) is 17.3 Å². The molecule has 2 N–H and O–H groups in total. The lowest BCUT2D eigenvalue weighted by Crippen LogP contribution is -2.33. The molecule has 4 rings (SSSR count). The van der Waals surface area contributed by atoms with Crippen molar-refractivity contribution in [2.24, 2.45) is 4.40 Å². The number of amidine groups is 1. The molecule has 9 nitrogen and oxygen atoms in total. The van der Waals surface area contributed by atoms with Crippen LogP contribution in [0.15, 0.2) is 62.6 Å². The second kappa shape index (κ2) is 6.96. The van der Waals surface area contributed by atoms with Gasteiger partial charge >= 0.3 is 0 Å². The quantitative estimate of drug-likeness (QED) is 0.616. The first-order valence-electron chi connectivity index (χ1n) is 8.82. The van der Waals surface area contributed by atoms with Gasteiger partial charge in [0, 0.05) is 18.2 Å². The van der Waals surface area contributed by atoms with Crippen LogP contribution in [0.5, 0.6) is 5.75 Å². The van der Waals surface area contributed by atoms with Crippen LogP contribution in [-0.4, -0.2) is 44.4 Å². The molecule has 2 aromatic carbocycles. The van der Waals surface area contributed by atoms with Gasteiger partial charge in [-0.25, -0.2) is 8.42 Å². The topological polar surface area (TPSA) is 135 Å². The van der Waals surface area contributed by atoms with E-state index in [4.69, 9.17) is 0 Å². The minimum atomic E-state index is -4.10. The van der Waals surface area contributed by atoms with Gasteiger partial charge in [-0.05, 0) is 24.3 Å². The zero-order valence-corrected chi connectivity index (χ0v) is 17.4. The van der Waals surface area contributed by atoms with E-state index < -0.39 is 31.2 Å². The lowest BCUT2D eigenvalue weighted by atomic mass is 10.1. The maximum absolute atomic E-state index is 13.2. The standard InChI is InChI=1S/C19H17N3O6S2/c1-29(25,26)11-10-22-14-8-4-2-6-12(14)17(23)16(19(22)24)18-20-13-7-3-5-9-15(13)30(27,28)21-18/h2-9,23H,10-11H2,1H3,(H,20,21). The summed E-state index contributed by atoms with van der Waals surface area (Å²) in [7, 11) is -7.48.